The van der Waals surface area contributed by atoms with E-state index in [0.717, 1.165) is 52.6 Å². The fraction of sp³-hybridized carbons (Fsp3) is 0.243. The van der Waals surface area contributed by atoms with E-state index in [0.29, 0.717) is 29.2 Å². The molecule has 45 heavy (non-hydrogen) atoms. The summed E-state index contributed by atoms with van der Waals surface area (Å²) in [4.78, 5) is 24.4. The van der Waals surface area contributed by atoms with Gasteiger partial charge in [0.15, 0.2) is 5.78 Å². The Morgan fingerprint density at radius 2 is 1.53 bits per heavy atom. The topological polar surface area (TPSA) is 48.3 Å². The van der Waals surface area contributed by atoms with E-state index in [2.05, 4.69) is 4.57 Å². The number of alkyl halides is 3. The summed E-state index contributed by atoms with van der Waals surface area (Å²) >= 11 is 6.10. The lowest BCUT2D eigenvalue weighted by Crippen LogP contribution is -2.11. The number of carbonyl (C=O) groups is 2. The van der Waals surface area contributed by atoms with Gasteiger partial charge in [-0.3, -0.25) is 9.59 Å². The fourth-order valence-electron chi connectivity index (χ4n) is 5.55. The van der Waals surface area contributed by atoms with Crippen LogP contribution in [0.25, 0.3) is 22.0 Å². The number of carbonyl (C=O) groups excluding carboxylic acids is 2. The summed E-state index contributed by atoms with van der Waals surface area (Å²) in [6.07, 6.45) is 0.136. The highest BCUT2D eigenvalue weighted by Gasteiger charge is 2.30. The summed E-state index contributed by atoms with van der Waals surface area (Å²) in [7, 11) is 0. The van der Waals surface area contributed by atoms with Crippen LogP contribution in [0, 0.1) is 0 Å². The minimum atomic E-state index is -4.38. The maximum atomic E-state index is 13.1. The number of ether oxygens (including phenoxy) is 1. The first-order chi connectivity index (χ1) is 21.6. The van der Waals surface area contributed by atoms with Gasteiger partial charge in [-0.1, -0.05) is 66.2 Å². The van der Waals surface area contributed by atoms with Gasteiger partial charge in [0, 0.05) is 40.5 Å². The van der Waals surface area contributed by atoms with Gasteiger partial charge in [-0.05, 0) is 90.9 Å². The zero-order valence-corrected chi connectivity index (χ0v) is 25.6. The van der Waals surface area contributed by atoms with Crippen molar-refractivity contribution >= 4 is 34.3 Å². The second-order valence-corrected chi connectivity index (χ2v) is 11.4. The zero-order valence-electron chi connectivity index (χ0n) is 24.8. The van der Waals surface area contributed by atoms with Gasteiger partial charge in [0.05, 0.1) is 18.2 Å². The summed E-state index contributed by atoms with van der Waals surface area (Å²) in [5.74, 6) is -0.319. The van der Waals surface area contributed by atoms with Crippen molar-refractivity contribution in [2.45, 2.75) is 51.2 Å². The molecule has 5 aromatic rings. The van der Waals surface area contributed by atoms with E-state index >= 15 is 0 Å². The molecule has 5 rings (SSSR count). The summed E-state index contributed by atoms with van der Waals surface area (Å²) in [5, 5.41) is 1.65. The quantitative estimate of drug-likeness (QED) is 0.102. The van der Waals surface area contributed by atoms with E-state index in [1.54, 1.807) is 6.92 Å². The summed E-state index contributed by atoms with van der Waals surface area (Å²) in [6.45, 7) is 2.08. The molecule has 0 bridgehead atoms. The van der Waals surface area contributed by atoms with Gasteiger partial charge in [0.25, 0.3) is 0 Å². The Kier molecular flexibility index (Phi) is 10.1. The van der Waals surface area contributed by atoms with Crippen LogP contribution in [0.3, 0.4) is 0 Å². The monoisotopic (exact) mass is 631 g/mol. The molecule has 0 aliphatic carbocycles. The van der Waals surface area contributed by atoms with Crippen LogP contribution in [0.5, 0.6) is 0 Å². The molecule has 0 saturated carbocycles. The standard InChI is InChI=1S/C37H33ClF3NO3/c1-2-45-36(44)5-3-4-35(43)28-11-9-27(10-12-28)33(20-8-25-6-18-32(38)19-7-25)42-23-22-30-24-29(15-21-34(30)42)26-13-16-31(17-14-26)37(39,40)41/h6-7,9-19,21-24,33H,2-5,8,20H2,1H3. The van der Waals surface area contributed by atoms with Crippen LogP contribution in [-0.2, 0) is 22.1 Å². The number of esters is 1. The molecule has 0 radical (unpaired) electrons. The number of hydrogen-bond donors (Lipinski definition) is 0. The van der Waals surface area contributed by atoms with E-state index < -0.39 is 11.7 Å². The molecule has 1 atom stereocenters. The third-order valence-corrected chi connectivity index (χ3v) is 8.18. The molecular weight excluding hydrogens is 599 g/mol. The highest BCUT2D eigenvalue weighted by molar-refractivity contribution is 6.30. The van der Waals surface area contributed by atoms with Gasteiger partial charge in [-0.25, -0.2) is 0 Å². The third-order valence-electron chi connectivity index (χ3n) is 7.93. The lowest BCUT2D eigenvalue weighted by Gasteiger charge is -2.22. The molecule has 1 aromatic heterocycles. The molecule has 4 aromatic carbocycles. The molecule has 0 N–H and O–H groups in total. The lowest BCUT2D eigenvalue weighted by atomic mass is 9.96. The number of fused-ring (bicyclic) bond motifs is 1. The van der Waals surface area contributed by atoms with Crippen molar-refractivity contribution in [3.63, 3.8) is 0 Å². The van der Waals surface area contributed by atoms with Gasteiger partial charge in [0.1, 0.15) is 0 Å². The van der Waals surface area contributed by atoms with E-state index in [4.69, 9.17) is 16.3 Å². The van der Waals surface area contributed by atoms with E-state index in [-0.39, 0.29) is 30.6 Å². The number of nitrogens with zero attached hydrogens (tertiary/aromatic N) is 1. The lowest BCUT2D eigenvalue weighted by molar-refractivity contribution is -0.143. The molecule has 0 aliphatic rings. The van der Waals surface area contributed by atoms with Crippen LogP contribution in [0.15, 0.2) is 103 Å². The molecule has 0 spiro atoms. The smallest absolute Gasteiger partial charge is 0.416 e. The summed E-state index contributed by atoms with van der Waals surface area (Å²) in [5.41, 5.74) is 4.64. The maximum absolute atomic E-state index is 13.1. The number of Topliss-reactive ketones (excluding diaryl/α,β-unsaturated/α-hetero) is 1. The molecule has 4 nitrogen and oxygen atoms in total. The van der Waals surface area contributed by atoms with Crippen molar-refractivity contribution < 1.29 is 27.5 Å². The Labute approximate surface area is 265 Å². The summed E-state index contributed by atoms with van der Waals surface area (Å²) < 4.78 is 46.3. The molecule has 1 heterocycles. The molecule has 0 amide bonds. The first kappa shape index (κ1) is 32.0. The van der Waals surface area contributed by atoms with Gasteiger partial charge in [-0.15, -0.1) is 0 Å². The molecule has 8 heteroatoms. The number of halogens is 4. The van der Waals surface area contributed by atoms with Crippen molar-refractivity contribution in [1.82, 2.24) is 4.57 Å². The van der Waals surface area contributed by atoms with Crippen LogP contribution in [0.4, 0.5) is 13.2 Å². The largest absolute Gasteiger partial charge is 0.466 e. The average Bonchev–Trinajstić information content (AvgIpc) is 3.45. The Bertz CT molecular complexity index is 1760. The number of hydrogen-bond acceptors (Lipinski definition) is 3. The van der Waals surface area contributed by atoms with Crippen molar-refractivity contribution in [3.8, 4) is 11.1 Å². The molecule has 0 fully saturated rings. The van der Waals surface area contributed by atoms with Crippen LogP contribution >= 0.6 is 11.6 Å². The van der Waals surface area contributed by atoms with E-state index in [1.807, 2.05) is 79.0 Å². The molecule has 0 aliphatic heterocycles. The van der Waals surface area contributed by atoms with Crippen LogP contribution in [0.1, 0.15) is 65.7 Å². The Balaban J connectivity index is 1.40. The van der Waals surface area contributed by atoms with Gasteiger partial charge in [-0.2, -0.15) is 13.2 Å². The van der Waals surface area contributed by atoms with Gasteiger partial charge in [0.2, 0.25) is 0 Å². The highest BCUT2D eigenvalue weighted by atomic mass is 35.5. The number of aromatic nitrogens is 1. The van der Waals surface area contributed by atoms with E-state index in [9.17, 15) is 22.8 Å². The molecule has 0 saturated heterocycles. The Hall–Kier alpha value is -4.36. The molecule has 1 unspecified atom stereocenters. The first-order valence-corrected chi connectivity index (χ1v) is 15.3. The van der Waals surface area contributed by atoms with Crippen molar-refractivity contribution in [1.29, 1.82) is 0 Å². The molecule has 232 valence electrons. The van der Waals surface area contributed by atoms with Crippen molar-refractivity contribution in [2.75, 3.05) is 6.61 Å². The number of rotatable bonds is 12. The Morgan fingerprint density at radius 1 is 0.844 bits per heavy atom. The zero-order chi connectivity index (χ0) is 32.0. The van der Waals surface area contributed by atoms with Crippen LogP contribution < -0.4 is 0 Å². The fourth-order valence-corrected chi connectivity index (χ4v) is 5.68. The van der Waals surface area contributed by atoms with Crippen LogP contribution in [0.2, 0.25) is 5.02 Å². The second kappa shape index (κ2) is 14.2. The third kappa shape index (κ3) is 8.03. The SMILES string of the molecule is CCOC(=O)CCCC(=O)c1ccc(C(CCc2ccc(Cl)cc2)n2ccc3cc(-c4ccc(C(F)(F)F)cc4)ccc32)cc1. The molecular formula is C37H33ClF3NO3. The number of ketones is 1. The van der Waals surface area contributed by atoms with Crippen molar-refractivity contribution in [3.05, 3.63) is 131 Å². The van der Waals surface area contributed by atoms with Gasteiger partial charge >= 0.3 is 12.1 Å². The predicted octanol–water partition coefficient (Wildman–Crippen LogP) is 10.1. The normalized spacial score (nSPS) is 12.3. The second-order valence-electron chi connectivity index (χ2n) is 11.0. The van der Waals surface area contributed by atoms with Crippen LogP contribution in [-0.4, -0.2) is 22.9 Å². The van der Waals surface area contributed by atoms with Gasteiger partial charge < -0.3 is 9.30 Å². The number of benzene rings is 4. The predicted molar refractivity (Wildman–Crippen MR) is 172 cm³/mol. The number of aryl methyl sites for hydroxylation is 1. The Morgan fingerprint density at radius 3 is 2.20 bits per heavy atom. The minimum absolute atomic E-state index is 0.0224. The minimum Gasteiger partial charge on any atom is -0.466 e. The average molecular weight is 632 g/mol. The van der Waals surface area contributed by atoms with E-state index in [1.165, 1.54) is 12.1 Å². The summed E-state index contributed by atoms with van der Waals surface area (Å²) in [6, 6.07) is 28.5. The van der Waals surface area contributed by atoms with Crippen molar-refractivity contribution in [2.24, 2.45) is 0 Å². The first-order valence-electron chi connectivity index (χ1n) is 14.9. The highest BCUT2D eigenvalue weighted by Crippen LogP contribution is 2.34. The maximum Gasteiger partial charge on any atom is 0.416 e.